The molecule has 23 rings (SSSR count). The van der Waals surface area contributed by atoms with Gasteiger partial charge in [-0.05, 0) is 276 Å². The summed E-state index contributed by atoms with van der Waals surface area (Å²) in [5, 5.41) is 5.10. The van der Waals surface area contributed by atoms with E-state index in [4.69, 9.17) is 96.9 Å². The second-order valence-electron chi connectivity index (χ2n) is 40.1. The summed E-state index contributed by atoms with van der Waals surface area (Å²) < 4.78 is 57.9. The van der Waals surface area contributed by atoms with Crippen molar-refractivity contribution in [2.24, 2.45) is 27.4 Å². The molecule has 47 heteroatoms. The first kappa shape index (κ1) is 121. The number of piperidine rings is 4. The zero-order valence-corrected chi connectivity index (χ0v) is 96.2. The molecule has 0 bridgehead atoms. The summed E-state index contributed by atoms with van der Waals surface area (Å²) in [4.78, 5) is 77.3. The van der Waals surface area contributed by atoms with Crippen LogP contribution in [0.1, 0.15) is 213 Å². The topological polar surface area (TPSA) is 424 Å². The average molecular weight is 2390 g/mol. The molecule has 4 saturated heterocycles. The second-order valence-corrected chi connectivity index (χ2v) is 51.9. The maximum atomic E-state index is 13.2. The smallest absolute Gasteiger partial charge is 0.778 e. The minimum atomic E-state index is -1.18. The SMILES string of the molecule is C.C.C.C.CC(C)(C)[S@@](=O)N[C@@H]1c2cccnc2CC12CCN(c1ncc(Br)c3nccn13)CC2.CC(C)(C)[S@@](=O)N[C@@H]1c2cccnc2CC12CCN(c1ncc(Sc3ccnc(N)c3Cl)c3nccn13)CC2.CC(C)(C)[S@@](=O)N[C@@H]1c2cccnc2CC12CCNCC2.Cl.Clc1ncc(Br)c2nccn12.Nc1nccc(Sc2cnc(N3CCC4(CC3)Cc3ncccc3[C@H]4N)n3ccnc23)c1Cl.Nc1nccc([S-])c1Cl.[Na+]. The summed E-state index contributed by atoms with van der Waals surface area (Å²) in [7, 11) is -3.39. The van der Waals surface area contributed by atoms with Crippen LogP contribution in [-0.4, -0.2) is 172 Å². The number of rotatable bonds is 13. The van der Waals surface area contributed by atoms with Gasteiger partial charge in [0.05, 0.1) is 99.1 Å². The number of halogens is 7. The van der Waals surface area contributed by atoms with E-state index in [0.717, 1.165) is 215 Å². The van der Waals surface area contributed by atoms with Crippen molar-refractivity contribution < 1.29 is 42.2 Å². The van der Waals surface area contributed by atoms with E-state index in [1.54, 1.807) is 60.0 Å². The van der Waals surface area contributed by atoms with Crippen LogP contribution in [0.15, 0.2) is 218 Å². The third-order valence-corrected chi connectivity index (χ3v) is 38.2. The Morgan fingerprint density at radius 2 is 0.693 bits per heavy atom. The summed E-state index contributed by atoms with van der Waals surface area (Å²) in [5.74, 6) is 3.58. The Kier molecular flexibility index (Phi) is 40.5. The van der Waals surface area contributed by atoms with Gasteiger partial charge in [-0.3, -0.25) is 37.5 Å². The van der Waals surface area contributed by atoms with E-state index in [-0.39, 0.29) is 132 Å². The zero-order chi connectivity index (χ0) is 102. The number of pyridine rings is 7. The van der Waals surface area contributed by atoms with E-state index >= 15 is 0 Å². The quantitative estimate of drug-likeness (QED) is 0.0302. The molecule has 33 nitrogen and oxygen atoms in total. The molecule has 7 atom stereocenters. The van der Waals surface area contributed by atoms with E-state index in [0.29, 0.717) is 42.7 Å². The van der Waals surface area contributed by atoms with Gasteiger partial charge in [0.2, 0.25) is 23.1 Å². The fourth-order valence-corrected chi connectivity index (χ4v) is 26.6. The number of anilines is 6. The minimum Gasteiger partial charge on any atom is -0.778 e. The van der Waals surface area contributed by atoms with Gasteiger partial charge >= 0.3 is 29.6 Å². The molecular weight excluding hydrogens is 2260 g/mol. The fraction of sp³-hybridized carbons (Fsp3) is 0.427. The third kappa shape index (κ3) is 25.4. The molecule has 19 heterocycles. The molecule has 0 saturated carbocycles. The number of nitrogens with one attached hydrogen (secondary N) is 4. The number of fused-ring (bicyclic) bond motifs is 8. The van der Waals surface area contributed by atoms with Gasteiger partial charge in [-0.15, -0.1) is 12.4 Å². The molecule has 12 N–H and O–H groups in total. The van der Waals surface area contributed by atoms with Crippen molar-refractivity contribution in [3.63, 3.8) is 0 Å². The molecule has 15 aromatic rings. The van der Waals surface area contributed by atoms with E-state index in [1.807, 2.05) is 174 Å². The van der Waals surface area contributed by atoms with E-state index in [9.17, 15) is 12.6 Å². The largest absolute Gasteiger partial charge is 1.00 e. The number of hydrogen-bond donors (Lipinski definition) is 8. The van der Waals surface area contributed by atoms with Crippen LogP contribution in [0.2, 0.25) is 20.4 Å². The molecule has 4 aliphatic heterocycles. The van der Waals surface area contributed by atoms with Crippen LogP contribution < -0.4 is 86.7 Å². The molecular formula is C103H130Br2Cl5N30NaO3S6. The number of hydrogen-bond acceptors (Lipinski definition) is 29. The molecule has 4 fully saturated rings. The molecule has 4 aliphatic carbocycles. The molecule has 0 unspecified atom stereocenters. The molecule has 0 amide bonds. The third-order valence-electron chi connectivity index (χ3n) is 28.1. The predicted octanol–water partition coefficient (Wildman–Crippen LogP) is 17.9. The van der Waals surface area contributed by atoms with Crippen molar-refractivity contribution in [3.05, 3.63) is 259 Å². The summed E-state index contributed by atoms with van der Waals surface area (Å²) in [5.41, 5.74) is 36.7. The first-order valence-corrected chi connectivity index (χ1v) is 56.0. The summed E-state index contributed by atoms with van der Waals surface area (Å²) >= 11 is 38.7. The second kappa shape index (κ2) is 50.4. The Balaban J connectivity index is 0.000000166. The monoisotopic (exact) mass is 2380 g/mol. The van der Waals surface area contributed by atoms with Crippen LogP contribution in [0.5, 0.6) is 0 Å². The molecule has 8 aliphatic rings. The number of aromatic nitrogens is 19. The molecule has 15 aromatic heterocycles. The van der Waals surface area contributed by atoms with Gasteiger partial charge in [0.1, 0.15) is 17.5 Å². The van der Waals surface area contributed by atoms with Crippen LogP contribution in [0.3, 0.4) is 0 Å². The Hall–Kier alpha value is -8.09. The van der Waals surface area contributed by atoms with Gasteiger partial charge in [0.15, 0.2) is 22.6 Å². The van der Waals surface area contributed by atoms with Crippen LogP contribution in [0.4, 0.5) is 35.3 Å². The van der Waals surface area contributed by atoms with Crippen molar-refractivity contribution in [1.29, 1.82) is 0 Å². The summed E-state index contributed by atoms with van der Waals surface area (Å²) in [6, 6.07) is 22.1. The van der Waals surface area contributed by atoms with E-state index in [2.05, 4.69) is 150 Å². The first-order chi connectivity index (χ1) is 68.9. The number of imidazole rings is 4. The number of nitrogens with zero attached hydrogens (tertiary/aromatic N) is 22. The molecule has 150 heavy (non-hydrogen) atoms. The Labute approximate surface area is 964 Å². The van der Waals surface area contributed by atoms with E-state index < -0.39 is 33.0 Å². The van der Waals surface area contributed by atoms with Gasteiger partial charge in [-0.25, -0.2) is 81.6 Å². The first-order valence-electron chi connectivity index (χ1n) is 47.4. The zero-order valence-electron chi connectivity index (χ0n) is 82.3. The van der Waals surface area contributed by atoms with Crippen molar-refractivity contribution >= 4 is 218 Å². The molecule has 4 spiro atoms. The normalized spacial score (nSPS) is 18.7. The van der Waals surface area contributed by atoms with Crippen molar-refractivity contribution in [3.8, 4) is 0 Å². The Morgan fingerprint density at radius 3 is 1.05 bits per heavy atom. The van der Waals surface area contributed by atoms with Gasteiger partial charge in [-0.2, -0.15) is 4.90 Å². The Morgan fingerprint density at radius 1 is 0.387 bits per heavy atom. The van der Waals surface area contributed by atoms with Crippen molar-refractivity contribution in [1.82, 2.24) is 112 Å². The average Bonchev–Trinajstić information content (AvgIpc) is 1.60. The molecule has 0 radical (unpaired) electrons. The van der Waals surface area contributed by atoms with Crippen LogP contribution >= 0.6 is 114 Å². The molecule has 796 valence electrons. The van der Waals surface area contributed by atoms with E-state index in [1.165, 1.54) is 57.7 Å². The minimum absolute atomic E-state index is 0. The molecule has 0 aromatic carbocycles. The number of nitrogen functional groups attached to an aromatic ring is 3. The van der Waals surface area contributed by atoms with Gasteiger partial charge in [0.25, 0.3) is 0 Å². The Bertz CT molecular complexity index is 7240. The summed E-state index contributed by atoms with van der Waals surface area (Å²) in [6.45, 7) is 25.4. The van der Waals surface area contributed by atoms with Crippen LogP contribution in [0, 0.1) is 21.7 Å². The van der Waals surface area contributed by atoms with Gasteiger partial charge < -0.3 is 55.6 Å². The standard InChI is InChI=1S/C27H31ClN8OS2.C23H23ClN8S.C22H27BrN6OS.C16H25N3OS.C6H3BrClN3.C5H5ClN2S.4CH4.ClH.Na/c1-26(2,3)39(37)34-22-17-5-4-9-30-18(17)15-27(22)7-12-35(13-8-27)25-33-16-20(24-32-11-14-36(24)25)38-19-6-10-31-23(29)21(19)28;24-18-16(3-7-28-20(18)26)33-17-13-30-22(32-11-8-29-21(17)32)31-9-4-23(5-10-31)12-15-14(19(23)25)2-1-6-27-15;1-21(2,3)31(30)27-18-15-5-4-8-24-17(15)13-22(18)6-10-28(11-7-22)20-26-14-16(23)19-25-9-12-29(19)20;1-15(2,3)21(20)19-14-12-5-4-8-18-13(12)11-16(14)6-9-17-10-7-16;7-4-3-10-6(8)11-2-1-9-5(4)11;6-4-3(9)1-2-8-5(4)7;;;;;;/h4-6,9-11,14,16,22,34H,7-8,12-13,15H2,1-3H3,(H2,29,31);1-3,6-8,11,13,19H,4-5,9-10,12,25H2,(H2,26,28);4-5,8-9,12,14,18,27H,6-7,10-11,13H2,1-3H3;4-5,8,14,17,19H,6-7,9-11H2,1-3H3;1-3H;1-2H,(H3,7,8,9);4*1H4;1H;/q;;;;;;;;;;;+1/p-1/t22-,39-;19-;18-,31-;14-,21-;;;;;;;;/m1111......../s1. The van der Waals surface area contributed by atoms with Gasteiger partial charge in [0, 0.05) is 196 Å². The van der Waals surface area contributed by atoms with Crippen molar-refractivity contribution in [2.45, 2.75) is 232 Å². The van der Waals surface area contributed by atoms with Crippen LogP contribution in [0.25, 0.3) is 22.6 Å². The van der Waals surface area contributed by atoms with Crippen molar-refractivity contribution in [2.75, 3.05) is 84.3 Å². The maximum absolute atomic E-state index is 13.2. The van der Waals surface area contributed by atoms with Crippen LogP contribution in [-0.2, 0) is 71.3 Å². The maximum Gasteiger partial charge on any atom is 1.00 e. The van der Waals surface area contributed by atoms with Gasteiger partial charge in [-0.1, -0.05) is 118 Å². The number of nitrogens with two attached hydrogens (primary N) is 4. The summed E-state index contributed by atoms with van der Waals surface area (Å²) in [6.07, 6.45) is 46.0. The fourth-order valence-electron chi connectivity index (χ4n) is 20.3. The predicted molar refractivity (Wildman–Crippen MR) is 618 cm³/mol.